The Morgan fingerprint density at radius 2 is 2.30 bits per heavy atom. The van der Waals surface area contributed by atoms with Crippen molar-refractivity contribution < 1.29 is 14.3 Å². The van der Waals surface area contributed by atoms with Crippen molar-refractivity contribution in [2.45, 2.75) is 6.92 Å². The second kappa shape index (κ2) is 6.73. The number of nitrogens with zero attached hydrogens (tertiary/aromatic N) is 1. The Morgan fingerprint density at radius 3 is 3.00 bits per heavy atom. The van der Waals surface area contributed by atoms with Gasteiger partial charge in [0.25, 0.3) is 0 Å². The molecule has 0 amide bonds. The number of rotatable bonds is 3. The van der Waals surface area contributed by atoms with Crippen molar-refractivity contribution >= 4 is 17.3 Å². The second-order valence-corrected chi connectivity index (χ2v) is 4.73. The minimum absolute atomic E-state index is 0.0490. The van der Waals surface area contributed by atoms with Crippen LogP contribution in [-0.4, -0.2) is 24.7 Å². The number of ether oxygens (including phenoxy) is 2. The summed E-state index contributed by atoms with van der Waals surface area (Å²) in [7, 11) is 1.60. The van der Waals surface area contributed by atoms with Crippen LogP contribution in [0.1, 0.15) is 20.9 Å². The van der Waals surface area contributed by atoms with Crippen molar-refractivity contribution in [3.8, 4) is 17.6 Å². The van der Waals surface area contributed by atoms with E-state index in [1.807, 2.05) is 24.3 Å². The molecule has 0 aliphatic rings. The molecular formula is C15H13NO3S. The van der Waals surface area contributed by atoms with Crippen LogP contribution in [0.5, 0.6) is 5.75 Å². The zero-order chi connectivity index (χ0) is 14.4. The number of aryl methyl sites for hydroxylation is 1. The quantitative estimate of drug-likeness (QED) is 0.643. The highest BCUT2D eigenvalue weighted by Gasteiger charge is 2.12. The number of hydrogen-bond donors (Lipinski definition) is 0. The molecule has 0 aliphatic carbocycles. The molecule has 4 nitrogen and oxygen atoms in total. The zero-order valence-electron chi connectivity index (χ0n) is 11.2. The van der Waals surface area contributed by atoms with E-state index in [-0.39, 0.29) is 12.6 Å². The predicted octanol–water partition coefficient (Wildman–Crippen LogP) is 2.67. The number of methoxy groups -OCH3 is 1. The van der Waals surface area contributed by atoms with Gasteiger partial charge in [0, 0.05) is 5.56 Å². The van der Waals surface area contributed by atoms with Gasteiger partial charge in [0.1, 0.15) is 10.6 Å². The molecule has 1 aromatic carbocycles. The fourth-order valence-corrected chi connectivity index (χ4v) is 2.20. The van der Waals surface area contributed by atoms with E-state index in [9.17, 15) is 4.79 Å². The summed E-state index contributed by atoms with van der Waals surface area (Å²) in [6.07, 6.45) is 0. The molecule has 0 saturated carbocycles. The maximum atomic E-state index is 11.7. The minimum atomic E-state index is -0.384. The molecule has 20 heavy (non-hydrogen) atoms. The van der Waals surface area contributed by atoms with Crippen LogP contribution >= 0.6 is 11.3 Å². The van der Waals surface area contributed by atoms with Gasteiger partial charge in [-0.2, -0.15) is 0 Å². The summed E-state index contributed by atoms with van der Waals surface area (Å²) >= 11 is 1.27. The molecule has 5 heteroatoms. The Kier molecular flexibility index (Phi) is 4.75. The van der Waals surface area contributed by atoms with E-state index in [0.29, 0.717) is 10.6 Å². The second-order valence-electron chi connectivity index (χ2n) is 3.88. The van der Waals surface area contributed by atoms with E-state index >= 15 is 0 Å². The van der Waals surface area contributed by atoms with Crippen molar-refractivity contribution in [1.82, 2.24) is 4.98 Å². The van der Waals surface area contributed by atoms with Crippen LogP contribution in [0.25, 0.3) is 0 Å². The summed E-state index contributed by atoms with van der Waals surface area (Å²) in [4.78, 5) is 16.2. The molecule has 102 valence electrons. The SMILES string of the molecule is COc1cccc(C#CCOC(=O)c2scnc2C)c1. The van der Waals surface area contributed by atoms with Crippen molar-refractivity contribution in [2.24, 2.45) is 0 Å². The molecule has 1 aromatic heterocycles. The number of thiazole rings is 1. The third-order valence-electron chi connectivity index (χ3n) is 2.51. The minimum Gasteiger partial charge on any atom is -0.497 e. The van der Waals surface area contributed by atoms with Crippen molar-refractivity contribution in [3.05, 3.63) is 45.9 Å². The van der Waals surface area contributed by atoms with Gasteiger partial charge in [-0.3, -0.25) is 0 Å². The van der Waals surface area contributed by atoms with E-state index in [4.69, 9.17) is 9.47 Å². The smallest absolute Gasteiger partial charge is 0.351 e. The fraction of sp³-hybridized carbons (Fsp3) is 0.200. The average Bonchev–Trinajstić information content (AvgIpc) is 2.90. The summed E-state index contributed by atoms with van der Waals surface area (Å²) in [6.45, 7) is 1.82. The van der Waals surface area contributed by atoms with Gasteiger partial charge in [0.05, 0.1) is 18.3 Å². The molecule has 1 heterocycles. The van der Waals surface area contributed by atoms with Gasteiger partial charge in [-0.1, -0.05) is 17.9 Å². The van der Waals surface area contributed by atoms with Crippen LogP contribution in [-0.2, 0) is 4.74 Å². The number of benzene rings is 1. The largest absolute Gasteiger partial charge is 0.497 e. The average molecular weight is 287 g/mol. The molecule has 2 rings (SSSR count). The monoisotopic (exact) mass is 287 g/mol. The standard InChI is InChI=1S/C15H13NO3S/c1-11-14(20-10-16-11)15(17)19-8-4-6-12-5-3-7-13(9-12)18-2/h3,5,7,9-10H,8H2,1-2H3. The first-order chi connectivity index (χ1) is 9.70. The van der Waals surface area contributed by atoms with E-state index in [2.05, 4.69) is 16.8 Å². The lowest BCUT2D eigenvalue weighted by molar-refractivity contribution is 0.0561. The molecule has 0 atom stereocenters. The van der Waals surface area contributed by atoms with E-state index in [1.165, 1.54) is 11.3 Å². The van der Waals surface area contributed by atoms with Crippen LogP contribution in [0.4, 0.5) is 0 Å². The van der Waals surface area contributed by atoms with E-state index < -0.39 is 0 Å². The van der Waals surface area contributed by atoms with E-state index in [1.54, 1.807) is 19.5 Å². The van der Waals surface area contributed by atoms with Gasteiger partial charge in [0.15, 0.2) is 6.61 Å². The fourth-order valence-electron chi connectivity index (χ4n) is 1.50. The van der Waals surface area contributed by atoms with Gasteiger partial charge in [-0.05, 0) is 25.1 Å². The molecule has 0 spiro atoms. The lowest BCUT2D eigenvalue weighted by Gasteiger charge is -1.99. The Hall–Kier alpha value is -2.32. The lowest BCUT2D eigenvalue weighted by atomic mass is 10.2. The molecule has 0 saturated heterocycles. The maximum absolute atomic E-state index is 11.7. The molecule has 0 N–H and O–H groups in total. The first kappa shape index (κ1) is 14.1. The van der Waals surface area contributed by atoms with Crippen LogP contribution < -0.4 is 4.74 Å². The highest BCUT2D eigenvalue weighted by atomic mass is 32.1. The van der Waals surface area contributed by atoms with Gasteiger partial charge >= 0.3 is 5.97 Å². The molecule has 0 bridgehead atoms. The van der Waals surface area contributed by atoms with Crippen molar-refractivity contribution in [3.63, 3.8) is 0 Å². The molecular weight excluding hydrogens is 274 g/mol. The first-order valence-corrected chi connectivity index (χ1v) is 6.79. The summed E-state index contributed by atoms with van der Waals surface area (Å²) in [6, 6.07) is 7.39. The van der Waals surface area contributed by atoms with E-state index in [0.717, 1.165) is 11.3 Å². The number of aromatic nitrogens is 1. The highest BCUT2D eigenvalue weighted by Crippen LogP contribution is 2.13. The molecule has 0 unspecified atom stereocenters. The summed E-state index contributed by atoms with van der Waals surface area (Å²) in [5, 5.41) is 0. The van der Waals surface area contributed by atoms with Crippen molar-refractivity contribution in [2.75, 3.05) is 13.7 Å². The zero-order valence-corrected chi connectivity index (χ0v) is 12.0. The molecule has 0 radical (unpaired) electrons. The maximum Gasteiger partial charge on any atom is 0.351 e. The Labute approximate surface area is 121 Å². The normalized spacial score (nSPS) is 9.50. The summed E-state index contributed by atoms with van der Waals surface area (Å²) in [5.74, 6) is 6.08. The summed E-state index contributed by atoms with van der Waals surface area (Å²) in [5.41, 5.74) is 3.11. The molecule has 0 aliphatic heterocycles. The van der Waals surface area contributed by atoms with Gasteiger partial charge < -0.3 is 9.47 Å². The van der Waals surface area contributed by atoms with Crippen LogP contribution in [0, 0.1) is 18.8 Å². The topological polar surface area (TPSA) is 48.4 Å². The third kappa shape index (κ3) is 3.59. The molecule has 0 fully saturated rings. The van der Waals surface area contributed by atoms with Crippen LogP contribution in [0.3, 0.4) is 0 Å². The highest BCUT2D eigenvalue weighted by molar-refractivity contribution is 7.11. The third-order valence-corrected chi connectivity index (χ3v) is 3.42. The summed E-state index contributed by atoms with van der Waals surface area (Å²) < 4.78 is 10.2. The van der Waals surface area contributed by atoms with Gasteiger partial charge in [0.2, 0.25) is 0 Å². The van der Waals surface area contributed by atoms with Gasteiger partial charge in [-0.25, -0.2) is 9.78 Å². The van der Waals surface area contributed by atoms with Crippen LogP contribution in [0.15, 0.2) is 29.8 Å². The molecule has 2 aromatic rings. The Balaban J connectivity index is 1.92. The van der Waals surface area contributed by atoms with Crippen LogP contribution in [0.2, 0.25) is 0 Å². The van der Waals surface area contributed by atoms with Crippen molar-refractivity contribution in [1.29, 1.82) is 0 Å². The number of esters is 1. The number of carbonyl (C=O) groups is 1. The Bertz CT molecular complexity index is 667. The predicted molar refractivity (Wildman–Crippen MR) is 77.0 cm³/mol. The number of hydrogen-bond acceptors (Lipinski definition) is 5. The lowest BCUT2D eigenvalue weighted by Crippen LogP contribution is -2.04. The first-order valence-electron chi connectivity index (χ1n) is 5.91. The van der Waals surface area contributed by atoms with Gasteiger partial charge in [-0.15, -0.1) is 11.3 Å². The number of carbonyl (C=O) groups excluding carboxylic acids is 1. The Morgan fingerprint density at radius 1 is 1.45 bits per heavy atom.